The molecule has 5 nitrogen and oxygen atoms in total. The Hall–Kier alpha value is -2.69. The summed E-state index contributed by atoms with van der Waals surface area (Å²) in [4.78, 5) is 14.3. The monoisotopic (exact) mass is 326 g/mol. The highest BCUT2D eigenvalue weighted by Gasteiger charge is 2.27. The zero-order chi connectivity index (χ0) is 16.9. The molecular weight excluding hydrogens is 304 g/mol. The second-order valence-electron chi connectivity index (χ2n) is 5.86. The van der Waals surface area contributed by atoms with Gasteiger partial charge < -0.3 is 19.7 Å². The molecule has 126 valence electrons. The molecule has 24 heavy (non-hydrogen) atoms. The Balaban J connectivity index is 1.58. The third kappa shape index (κ3) is 3.62. The number of nitrogens with zero attached hydrogens (tertiary/aromatic N) is 1. The summed E-state index contributed by atoms with van der Waals surface area (Å²) in [7, 11) is 3.28. The van der Waals surface area contributed by atoms with E-state index in [1.807, 2.05) is 41.3 Å². The van der Waals surface area contributed by atoms with Gasteiger partial charge in [0.15, 0.2) is 0 Å². The van der Waals surface area contributed by atoms with Crippen molar-refractivity contribution in [2.75, 3.05) is 32.6 Å². The highest BCUT2D eigenvalue weighted by Crippen LogP contribution is 2.29. The Morgan fingerprint density at radius 2 is 1.58 bits per heavy atom. The summed E-state index contributed by atoms with van der Waals surface area (Å²) in [5.41, 5.74) is 2.02. The minimum atomic E-state index is -0.0591. The number of ether oxygens (including phenoxy) is 2. The number of anilines is 1. The first kappa shape index (κ1) is 16.2. The Bertz CT molecular complexity index is 683. The molecule has 0 radical (unpaired) electrons. The average Bonchev–Trinajstić information content (AvgIpc) is 3.13. The second-order valence-corrected chi connectivity index (χ2v) is 5.86. The third-order valence-corrected chi connectivity index (χ3v) is 4.40. The van der Waals surface area contributed by atoms with Gasteiger partial charge in [0.2, 0.25) is 0 Å². The summed E-state index contributed by atoms with van der Waals surface area (Å²) < 4.78 is 10.3. The summed E-state index contributed by atoms with van der Waals surface area (Å²) >= 11 is 0. The second kappa shape index (κ2) is 7.25. The summed E-state index contributed by atoms with van der Waals surface area (Å²) in [6, 6.07) is 15.4. The largest absolute Gasteiger partial charge is 0.497 e. The molecule has 1 atom stereocenters. The SMILES string of the molecule is COc1ccc(NC(=O)N2CC[C@H](c3ccc(OC)cc3)C2)cc1. The normalized spacial score (nSPS) is 16.8. The maximum absolute atomic E-state index is 12.4. The molecule has 5 heteroatoms. The van der Waals surface area contributed by atoms with Crippen molar-refractivity contribution >= 4 is 11.7 Å². The molecule has 0 bridgehead atoms. The molecule has 0 aromatic heterocycles. The molecule has 2 amide bonds. The van der Waals surface area contributed by atoms with E-state index in [1.165, 1.54) is 5.56 Å². The van der Waals surface area contributed by atoms with Crippen molar-refractivity contribution in [2.24, 2.45) is 0 Å². The molecule has 1 N–H and O–H groups in total. The first-order valence-electron chi connectivity index (χ1n) is 8.03. The number of benzene rings is 2. The molecule has 1 aliphatic rings. The van der Waals surface area contributed by atoms with Crippen LogP contribution < -0.4 is 14.8 Å². The quantitative estimate of drug-likeness (QED) is 0.931. The Kier molecular flexibility index (Phi) is 4.89. The standard InChI is InChI=1S/C19H22N2O3/c1-23-17-7-3-14(4-8-17)15-11-12-21(13-15)19(22)20-16-5-9-18(24-2)10-6-16/h3-10,15H,11-13H2,1-2H3,(H,20,22)/t15-/m0/s1. The molecular formula is C19H22N2O3. The molecule has 2 aromatic carbocycles. The number of methoxy groups -OCH3 is 2. The van der Waals surface area contributed by atoms with Crippen LogP contribution in [0.15, 0.2) is 48.5 Å². The van der Waals surface area contributed by atoms with E-state index in [4.69, 9.17) is 9.47 Å². The van der Waals surface area contributed by atoms with Crippen LogP contribution in [0.25, 0.3) is 0 Å². The van der Waals surface area contributed by atoms with Gasteiger partial charge >= 0.3 is 6.03 Å². The van der Waals surface area contributed by atoms with Gasteiger partial charge in [-0.15, -0.1) is 0 Å². The lowest BCUT2D eigenvalue weighted by molar-refractivity contribution is 0.222. The predicted molar refractivity (Wildman–Crippen MR) is 93.9 cm³/mol. The van der Waals surface area contributed by atoms with Gasteiger partial charge in [0.1, 0.15) is 11.5 Å². The molecule has 0 aliphatic carbocycles. The number of amides is 2. The Morgan fingerprint density at radius 1 is 1.00 bits per heavy atom. The van der Waals surface area contributed by atoms with E-state index >= 15 is 0 Å². The minimum absolute atomic E-state index is 0.0591. The number of likely N-dealkylation sites (tertiary alicyclic amines) is 1. The van der Waals surface area contributed by atoms with Crippen molar-refractivity contribution in [3.63, 3.8) is 0 Å². The van der Waals surface area contributed by atoms with Gasteiger partial charge in [-0.1, -0.05) is 12.1 Å². The molecule has 1 aliphatic heterocycles. The Morgan fingerprint density at radius 3 is 2.17 bits per heavy atom. The van der Waals surface area contributed by atoms with E-state index in [0.29, 0.717) is 5.92 Å². The van der Waals surface area contributed by atoms with Crippen molar-refractivity contribution in [1.82, 2.24) is 4.90 Å². The molecule has 0 saturated carbocycles. The molecule has 1 fully saturated rings. The maximum atomic E-state index is 12.4. The summed E-state index contributed by atoms with van der Waals surface area (Å²) in [5.74, 6) is 2.00. The van der Waals surface area contributed by atoms with Crippen LogP contribution in [-0.4, -0.2) is 38.2 Å². The van der Waals surface area contributed by atoms with Crippen LogP contribution in [0.1, 0.15) is 17.9 Å². The predicted octanol–water partition coefficient (Wildman–Crippen LogP) is 3.73. The van der Waals surface area contributed by atoms with Gasteiger partial charge in [0.05, 0.1) is 14.2 Å². The lowest BCUT2D eigenvalue weighted by Gasteiger charge is -2.18. The molecule has 0 spiro atoms. The van der Waals surface area contributed by atoms with E-state index in [2.05, 4.69) is 17.4 Å². The van der Waals surface area contributed by atoms with Gasteiger partial charge in [0, 0.05) is 24.7 Å². The van der Waals surface area contributed by atoms with Crippen LogP contribution in [-0.2, 0) is 0 Å². The number of carbonyl (C=O) groups excluding carboxylic acids is 1. The third-order valence-electron chi connectivity index (χ3n) is 4.40. The highest BCUT2D eigenvalue weighted by atomic mass is 16.5. The van der Waals surface area contributed by atoms with Crippen LogP contribution in [0.5, 0.6) is 11.5 Å². The van der Waals surface area contributed by atoms with E-state index in [-0.39, 0.29) is 6.03 Å². The van der Waals surface area contributed by atoms with Crippen LogP contribution in [0.3, 0.4) is 0 Å². The van der Waals surface area contributed by atoms with Gasteiger partial charge in [0.25, 0.3) is 0 Å². The number of hydrogen-bond donors (Lipinski definition) is 1. The first-order chi connectivity index (χ1) is 11.7. The van der Waals surface area contributed by atoms with E-state index in [0.717, 1.165) is 36.7 Å². The average molecular weight is 326 g/mol. The first-order valence-corrected chi connectivity index (χ1v) is 8.03. The fourth-order valence-electron chi connectivity index (χ4n) is 2.97. The zero-order valence-corrected chi connectivity index (χ0v) is 14.0. The minimum Gasteiger partial charge on any atom is -0.497 e. The molecule has 1 heterocycles. The molecule has 0 unspecified atom stereocenters. The summed E-state index contributed by atoms with van der Waals surface area (Å²) in [6.07, 6.45) is 0.975. The highest BCUT2D eigenvalue weighted by molar-refractivity contribution is 5.89. The van der Waals surface area contributed by atoms with Gasteiger partial charge in [-0.2, -0.15) is 0 Å². The number of rotatable bonds is 4. The summed E-state index contributed by atoms with van der Waals surface area (Å²) in [5, 5.41) is 2.94. The molecule has 1 saturated heterocycles. The number of hydrogen-bond acceptors (Lipinski definition) is 3. The smallest absolute Gasteiger partial charge is 0.321 e. The van der Waals surface area contributed by atoms with Crippen molar-refractivity contribution in [3.8, 4) is 11.5 Å². The van der Waals surface area contributed by atoms with Crippen molar-refractivity contribution in [2.45, 2.75) is 12.3 Å². The number of urea groups is 1. The van der Waals surface area contributed by atoms with Gasteiger partial charge in [-0.25, -0.2) is 4.79 Å². The topological polar surface area (TPSA) is 50.8 Å². The van der Waals surface area contributed by atoms with Gasteiger partial charge in [-0.3, -0.25) is 0 Å². The fourth-order valence-corrected chi connectivity index (χ4v) is 2.97. The van der Waals surface area contributed by atoms with Gasteiger partial charge in [-0.05, 0) is 48.4 Å². The van der Waals surface area contributed by atoms with Crippen LogP contribution >= 0.6 is 0 Å². The van der Waals surface area contributed by atoms with E-state index in [9.17, 15) is 4.79 Å². The van der Waals surface area contributed by atoms with Crippen molar-refractivity contribution in [3.05, 3.63) is 54.1 Å². The lowest BCUT2D eigenvalue weighted by atomic mass is 9.98. The van der Waals surface area contributed by atoms with E-state index < -0.39 is 0 Å². The number of nitrogens with one attached hydrogen (secondary N) is 1. The fraction of sp³-hybridized carbons (Fsp3) is 0.316. The lowest BCUT2D eigenvalue weighted by Crippen LogP contribution is -2.32. The van der Waals surface area contributed by atoms with Crippen molar-refractivity contribution in [1.29, 1.82) is 0 Å². The van der Waals surface area contributed by atoms with Crippen molar-refractivity contribution < 1.29 is 14.3 Å². The number of carbonyl (C=O) groups is 1. The molecule has 3 rings (SSSR count). The maximum Gasteiger partial charge on any atom is 0.321 e. The molecule has 2 aromatic rings. The Labute approximate surface area is 142 Å². The van der Waals surface area contributed by atoms with E-state index in [1.54, 1.807) is 14.2 Å². The summed E-state index contributed by atoms with van der Waals surface area (Å²) in [6.45, 7) is 1.49. The zero-order valence-electron chi connectivity index (χ0n) is 14.0. The van der Waals surface area contributed by atoms with Crippen LogP contribution in [0.2, 0.25) is 0 Å². The van der Waals surface area contributed by atoms with Crippen LogP contribution in [0, 0.1) is 0 Å². The van der Waals surface area contributed by atoms with Crippen LogP contribution in [0.4, 0.5) is 10.5 Å².